The Morgan fingerprint density at radius 1 is 0.490 bits per heavy atom. The summed E-state index contributed by atoms with van der Waals surface area (Å²) in [7, 11) is 0. The monoisotopic (exact) mass is 687 g/mol. The number of rotatable bonds is 19. The fourth-order valence-corrected chi connectivity index (χ4v) is 10.7. The van der Waals surface area contributed by atoms with E-state index in [-0.39, 0.29) is 5.41 Å². The molecule has 3 aromatic rings. The van der Waals surface area contributed by atoms with E-state index >= 15 is 0 Å². The maximum Gasteiger partial charge on any atom is 0.0215 e. The summed E-state index contributed by atoms with van der Waals surface area (Å²) in [5.41, 5.74) is 15.9. The Morgan fingerprint density at radius 3 is 1.59 bits per heavy atom. The van der Waals surface area contributed by atoms with Gasteiger partial charge in [-0.05, 0) is 108 Å². The van der Waals surface area contributed by atoms with E-state index in [1.165, 1.54) is 189 Å². The van der Waals surface area contributed by atoms with E-state index in [1.54, 1.807) is 33.4 Å². The molecule has 278 valence electrons. The van der Waals surface area contributed by atoms with Gasteiger partial charge in [0.25, 0.3) is 0 Å². The zero-order valence-corrected chi connectivity index (χ0v) is 33.7. The molecule has 3 aromatic carbocycles. The summed E-state index contributed by atoms with van der Waals surface area (Å²) in [6, 6.07) is 20.7. The third kappa shape index (κ3) is 9.61. The number of unbranched alkanes of at least 4 members (excludes halogenated alkanes) is 10. The predicted molar refractivity (Wildman–Crippen MR) is 224 cm³/mol. The molecule has 0 saturated heterocycles. The van der Waals surface area contributed by atoms with Crippen molar-refractivity contribution < 1.29 is 0 Å². The number of hydrogen-bond donors (Lipinski definition) is 0. The summed E-state index contributed by atoms with van der Waals surface area (Å²) in [5, 5.41) is 0. The van der Waals surface area contributed by atoms with Gasteiger partial charge in [-0.25, -0.2) is 0 Å². The SMILES string of the molecule is CCCCCCCCC1(CCCCCCCC)c2cc(C)ccc2-c2ccc(-c3cc(CC4CCCCC4)c(C)cc3CC3CCCCC3)cc21. The molecule has 0 unspecified atom stereocenters. The summed E-state index contributed by atoms with van der Waals surface area (Å²) >= 11 is 0. The van der Waals surface area contributed by atoms with Crippen LogP contribution in [0.15, 0.2) is 48.5 Å². The van der Waals surface area contributed by atoms with Crippen molar-refractivity contribution in [3.05, 3.63) is 81.9 Å². The topological polar surface area (TPSA) is 0 Å². The molecule has 6 rings (SSSR count). The lowest BCUT2D eigenvalue weighted by molar-refractivity contribution is 0.355. The Kier molecular flexibility index (Phi) is 14.4. The highest BCUT2D eigenvalue weighted by Crippen LogP contribution is 2.55. The molecular formula is C51H74. The van der Waals surface area contributed by atoms with Gasteiger partial charge in [0.05, 0.1) is 0 Å². The highest BCUT2D eigenvalue weighted by molar-refractivity contribution is 5.85. The minimum absolute atomic E-state index is 0.140. The molecule has 3 aliphatic rings. The predicted octanol–water partition coefficient (Wildman–Crippen LogP) is 16.0. The van der Waals surface area contributed by atoms with Crippen LogP contribution in [0.3, 0.4) is 0 Å². The zero-order chi connectivity index (χ0) is 35.5. The molecule has 0 bridgehead atoms. The highest BCUT2D eigenvalue weighted by atomic mass is 14.5. The fourth-order valence-electron chi connectivity index (χ4n) is 10.7. The van der Waals surface area contributed by atoms with Gasteiger partial charge in [0.2, 0.25) is 0 Å². The lowest BCUT2D eigenvalue weighted by Gasteiger charge is -2.33. The van der Waals surface area contributed by atoms with E-state index in [9.17, 15) is 0 Å². The first-order valence-corrected chi connectivity index (χ1v) is 22.4. The van der Waals surface area contributed by atoms with E-state index in [0.29, 0.717) is 0 Å². The van der Waals surface area contributed by atoms with Crippen LogP contribution < -0.4 is 0 Å². The van der Waals surface area contributed by atoms with Gasteiger partial charge in [-0.1, -0.05) is 203 Å². The lowest BCUT2D eigenvalue weighted by atomic mass is 9.70. The van der Waals surface area contributed by atoms with Crippen molar-refractivity contribution in [1.29, 1.82) is 0 Å². The van der Waals surface area contributed by atoms with Crippen molar-refractivity contribution in [2.75, 3.05) is 0 Å². The van der Waals surface area contributed by atoms with E-state index in [0.717, 1.165) is 11.8 Å². The van der Waals surface area contributed by atoms with Crippen molar-refractivity contribution in [2.45, 2.75) is 200 Å². The van der Waals surface area contributed by atoms with Gasteiger partial charge in [0.1, 0.15) is 0 Å². The molecule has 0 atom stereocenters. The Morgan fingerprint density at radius 2 is 1.00 bits per heavy atom. The third-order valence-corrected chi connectivity index (χ3v) is 13.8. The lowest BCUT2D eigenvalue weighted by Crippen LogP contribution is -2.25. The first-order valence-electron chi connectivity index (χ1n) is 22.4. The molecule has 0 spiro atoms. The maximum atomic E-state index is 2.75. The van der Waals surface area contributed by atoms with E-state index in [1.807, 2.05) is 0 Å². The summed E-state index contributed by atoms with van der Waals surface area (Å²) in [4.78, 5) is 0. The summed E-state index contributed by atoms with van der Waals surface area (Å²) in [6.45, 7) is 9.44. The van der Waals surface area contributed by atoms with E-state index < -0.39 is 0 Å². The molecule has 0 heterocycles. The van der Waals surface area contributed by atoms with Crippen molar-refractivity contribution >= 4 is 0 Å². The molecule has 0 amide bonds. The molecule has 0 radical (unpaired) electrons. The highest BCUT2D eigenvalue weighted by Gasteiger charge is 2.42. The van der Waals surface area contributed by atoms with Crippen LogP contribution in [-0.4, -0.2) is 0 Å². The van der Waals surface area contributed by atoms with Crippen molar-refractivity contribution in [3.63, 3.8) is 0 Å². The van der Waals surface area contributed by atoms with Crippen LogP contribution in [0.4, 0.5) is 0 Å². The van der Waals surface area contributed by atoms with Gasteiger partial charge >= 0.3 is 0 Å². The number of aryl methyl sites for hydroxylation is 2. The molecule has 0 N–H and O–H groups in total. The van der Waals surface area contributed by atoms with Crippen LogP contribution in [0, 0.1) is 25.7 Å². The molecule has 51 heavy (non-hydrogen) atoms. The minimum atomic E-state index is 0.140. The van der Waals surface area contributed by atoms with Gasteiger partial charge in [-0.2, -0.15) is 0 Å². The molecule has 2 saturated carbocycles. The van der Waals surface area contributed by atoms with Crippen molar-refractivity contribution in [1.82, 2.24) is 0 Å². The molecule has 0 aromatic heterocycles. The molecule has 3 aliphatic carbocycles. The van der Waals surface area contributed by atoms with E-state index in [4.69, 9.17) is 0 Å². The molecule has 0 heteroatoms. The Balaban J connectivity index is 1.40. The molecular weight excluding hydrogens is 613 g/mol. The normalized spacial score (nSPS) is 17.5. The second kappa shape index (κ2) is 19.1. The second-order valence-corrected chi connectivity index (χ2v) is 17.8. The first-order chi connectivity index (χ1) is 25.0. The van der Waals surface area contributed by atoms with Crippen LogP contribution in [0.2, 0.25) is 0 Å². The average molecular weight is 687 g/mol. The Labute approximate surface area is 315 Å². The smallest absolute Gasteiger partial charge is 0.0215 e. The van der Waals surface area contributed by atoms with Crippen molar-refractivity contribution in [3.8, 4) is 22.3 Å². The largest absolute Gasteiger partial charge is 0.0654 e. The minimum Gasteiger partial charge on any atom is -0.0654 e. The van der Waals surface area contributed by atoms with Gasteiger partial charge in [0, 0.05) is 5.41 Å². The quantitative estimate of drug-likeness (QED) is 0.110. The number of hydrogen-bond acceptors (Lipinski definition) is 0. The standard InChI is InChI=1S/C51H74/c1-5-7-9-11-13-21-31-51(32-22-14-12-10-8-6-2)49-33-39(3)27-29-46(49)47-30-28-43(38-50(47)51)48-37-44(35-41-23-17-15-18-24-41)40(4)34-45(48)36-42-25-19-16-20-26-42/h27-30,33-34,37-38,41-42H,5-26,31-32,35-36H2,1-4H3. The fraction of sp³-hybridized carbons (Fsp3) is 0.647. The molecule has 2 fully saturated rings. The number of benzene rings is 3. The second-order valence-electron chi connectivity index (χ2n) is 17.8. The molecule has 0 aliphatic heterocycles. The third-order valence-electron chi connectivity index (χ3n) is 13.8. The first kappa shape index (κ1) is 38.4. The van der Waals surface area contributed by atoms with Crippen molar-refractivity contribution in [2.24, 2.45) is 11.8 Å². The van der Waals surface area contributed by atoms with Gasteiger partial charge in [-0.3, -0.25) is 0 Å². The van der Waals surface area contributed by atoms with Crippen LogP contribution in [0.1, 0.15) is 201 Å². The Hall–Kier alpha value is -2.34. The summed E-state index contributed by atoms with van der Waals surface area (Å²) in [6.07, 6.45) is 35.9. The van der Waals surface area contributed by atoms with Crippen LogP contribution in [0.25, 0.3) is 22.3 Å². The van der Waals surface area contributed by atoms with Crippen LogP contribution in [0.5, 0.6) is 0 Å². The van der Waals surface area contributed by atoms with E-state index in [2.05, 4.69) is 76.2 Å². The number of fused-ring (bicyclic) bond motifs is 3. The average Bonchev–Trinajstić information content (AvgIpc) is 3.41. The van der Waals surface area contributed by atoms with Crippen LogP contribution >= 0.6 is 0 Å². The zero-order valence-electron chi connectivity index (χ0n) is 33.7. The van der Waals surface area contributed by atoms with Gasteiger partial charge < -0.3 is 0 Å². The van der Waals surface area contributed by atoms with Gasteiger partial charge in [-0.15, -0.1) is 0 Å². The maximum absolute atomic E-state index is 2.75. The molecule has 0 nitrogen and oxygen atoms in total. The Bertz CT molecular complexity index is 1490. The summed E-state index contributed by atoms with van der Waals surface area (Å²) in [5.74, 6) is 1.72. The van der Waals surface area contributed by atoms with Crippen LogP contribution in [-0.2, 0) is 18.3 Å². The van der Waals surface area contributed by atoms with Gasteiger partial charge in [0.15, 0.2) is 0 Å². The summed E-state index contributed by atoms with van der Waals surface area (Å²) < 4.78 is 0.